The zero-order valence-corrected chi connectivity index (χ0v) is 13.3. The van der Waals surface area contributed by atoms with Crippen LogP contribution in [0.4, 0.5) is 0 Å². The van der Waals surface area contributed by atoms with Crippen LogP contribution >= 0.6 is 0 Å². The molecular formula is C16H22N4O3. The van der Waals surface area contributed by atoms with Gasteiger partial charge in [0.15, 0.2) is 5.95 Å². The fourth-order valence-electron chi connectivity index (χ4n) is 2.57. The molecule has 0 atom stereocenters. The smallest absolute Gasteiger partial charge is 0.253 e. The van der Waals surface area contributed by atoms with Crippen molar-refractivity contribution >= 4 is 0 Å². The van der Waals surface area contributed by atoms with Crippen molar-refractivity contribution in [3.63, 3.8) is 0 Å². The van der Waals surface area contributed by atoms with Crippen LogP contribution in [0.2, 0.25) is 0 Å². The van der Waals surface area contributed by atoms with Crippen molar-refractivity contribution in [2.24, 2.45) is 0 Å². The van der Waals surface area contributed by atoms with Crippen LogP contribution in [-0.4, -0.2) is 49.6 Å². The summed E-state index contributed by atoms with van der Waals surface area (Å²) in [6.45, 7) is 7.71. The number of nitrogens with zero attached hydrogens (tertiary/aromatic N) is 3. The Labute approximate surface area is 135 Å². The number of morpholine rings is 1. The van der Waals surface area contributed by atoms with Gasteiger partial charge >= 0.3 is 0 Å². The fraction of sp³-hybridized carbons (Fsp3) is 0.500. The molecule has 1 aliphatic heterocycles. The van der Waals surface area contributed by atoms with Crippen LogP contribution in [0.5, 0.6) is 5.95 Å². The minimum absolute atomic E-state index is 0.399. The summed E-state index contributed by atoms with van der Waals surface area (Å²) < 4.78 is 11.7. The molecule has 0 saturated carbocycles. The van der Waals surface area contributed by atoms with Crippen molar-refractivity contribution in [2.45, 2.75) is 13.5 Å². The van der Waals surface area contributed by atoms with E-state index in [1.807, 2.05) is 31.2 Å². The number of nitrogens with one attached hydrogen (secondary N) is 1. The van der Waals surface area contributed by atoms with Crippen molar-refractivity contribution in [1.29, 1.82) is 0 Å². The molecule has 23 heavy (non-hydrogen) atoms. The first-order valence-corrected chi connectivity index (χ1v) is 7.90. The van der Waals surface area contributed by atoms with E-state index < -0.39 is 5.95 Å². The van der Waals surface area contributed by atoms with Crippen LogP contribution in [0.15, 0.2) is 28.8 Å². The van der Waals surface area contributed by atoms with Crippen LogP contribution in [0.3, 0.4) is 0 Å². The average molecular weight is 318 g/mol. The van der Waals surface area contributed by atoms with Gasteiger partial charge in [-0.3, -0.25) is 4.90 Å². The van der Waals surface area contributed by atoms with Gasteiger partial charge in [-0.15, -0.1) is 0 Å². The van der Waals surface area contributed by atoms with Gasteiger partial charge < -0.3 is 19.7 Å². The summed E-state index contributed by atoms with van der Waals surface area (Å²) >= 11 is 0. The number of ether oxygens (including phenoxy) is 1. The van der Waals surface area contributed by atoms with Gasteiger partial charge in [0.2, 0.25) is 5.69 Å². The molecule has 1 aromatic heterocycles. The second kappa shape index (κ2) is 7.54. The maximum atomic E-state index is 11.9. The molecule has 2 aromatic rings. The van der Waals surface area contributed by atoms with E-state index in [-0.39, 0.29) is 0 Å². The van der Waals surface area contributed by atoms with Gasteiger partial charge in [-0.2, -0.15) is 0 Å². The lowest BCUT2D eigenvalue weighted by Crippen LogP contribution is -2.42. The SMILES string of the molecule is Cc1ccc(-[n+]2noc([O-])c2CNCCN2CCOCC2)cc1. The number of aromatic nitrogens is 2. The first-order valence-electron chi connectivity index (χ1n) is 7.90. The molecule has 3 rings (SSSR count). The van der Waals surface area contributed by atoms with Gasteiger partial charge in [-0.05, 0) is 11.6 Å². The van der Waals surface area contributed by atoms with Gasteiger partial charge in [-0.1, -0.05) is 17.7 Å². The molecule has 124 valence electrons. The molecule has 0 aliphatic carbocycles. The third-order valence-electron chi connectivity index (χ3n) is 3.98. The predicted molar refractivity (Wildman–Crippen MR) is 81.2 cm³/mol. The Balaban J connectivity index is 1.57. The van der Waals surface area contributed by atoms with Crippen LogP contribution in [0, 0.1) is 6.92 Å². The van der Waals surface area contributed by atoms with E-state index in [9.17, 15) is 5.11 Å². The molecule has 1 saturated heterocycles. The lowest BCUT2D eigenvalue weighted by molar-refractivity contribution is -0.677. The highest BCUT2D eigenvalue weighted by atomic mass is 16.6. The summed E-state index contributed by atoms with van der Waals surface area (Å²) in [5.41, 5.74) is 2.49. The van der Waals surface area contributed by atoms with Crippen molar-refractivity contribution in [1.82, 2.24) is 15.5 Å². The van der Waals surface area contributed by atoms with Crippen molar-refractivity contribution in [3.05, 3.63) is 35.5 Å². The molecule has 1 fully saturated rings. The number of hydrogen-bond acceptors (Lipinski definition) is 6. The molecular weight excluding hydrogens is 296 g/mol. The molecule has 0 bridgehead atoms. The van der Waals surface area contributed by atoms with E-state index in [0.29, 0.717) is 12.2 Å². The summed E-state index contributed by atoms with van der Waals surface area (Å²) in [7, 11) is 0. The molecule has 2 heterocycles. The fourth-order valence-corrected chi connectivity index (χ4v) is 2.57. The number of hydrogen-bond donors (Lipinski definition) is 1. The molecule has 1 aromatic carbocycles. The first kappa shape index (κ1) is 15.9. The van der Waals surface area contributed by atoms with Crippen LogP contribution in [0.1, 0.15) is 11.3 Å². The van der Waals surface area contributed by atoms with Gasteiger partial charge in [0.25, 0.3) is 5.69 Å². The third-order valence-corrected chi connectivity index (χ3v) is 3.98. The van der Waals surface area contributed by atoms with Crippen molar-refractivity contribution in [3.8, 4) is 11.6 Å². The maximum absolute atomic E-state index is 11.9. The number of aryl methyl sites for hydroxylation is 1. The van der Waals surface area contributed by atoms with Crippen molar-refractivity contribution in [2.75, 3.05) is 39.4 Å². The van der Waals surface area contributed by atoms with E-state index in [1.54, 1.807) is 4.68 Å². The Hall–Kier alpha value is -1.96. The van der Waals surface area contributed by atoms with Gasteiger partial charge in [-0.25, -0.2) is 0 Å². The van der Waals surface area contributed by atoms with Crippen molar-refractivity contribution < 1.29 is 19.0 Å². The molecule has 7 nitrogen and oxygen atoms in total. The highest BCUT2D eigenvalue weighted by Gasteiger charge is 2.19. The van der Waals surface area contributed by atoms with E-state index in [4.69, 9.17) is 9.26 Å². The Morgan fingerprint density at radius 1 is 1.26 bits per heavy atom. The summed E-state index contributed by atoms with van der Waals surface area (Å²) in [5.74, 6) is -0.399. The Kier molecular flexibility index (Phi) is 5.22. The second-order valence-corrected chi connectivity index (χ2v) is 5.69. The number of rotatable bonds is 6. The lowest BCUT2D eigenvalue weighted by atomic mass is 10.2. The minimum Gasteiger partial charge on any atom is -0.539 e. The Morgan fingerprint density at radius 3 is 2.74 bits per heavy atom. The summed E-state index contributed by atoms with van der Waals surface area (Å²) in [6.07, 6.45) is 0. The largest absolute Gasteiger partial charge is 0.539 e. The Bertz CT molecular complexity index is 621. The van der Waals surface area contributed by atoms with Gasteiger partial charge in [0.1, 0.15) is 0 Å². The number of benzene rings is 1. The molecule has 1 aliphatic rings. The Morgan fingerprint density at radius 2 is 2.00 bits per heavy atom. The van der Waals surface area contributed by atoms with Crippen LogP contribution in [0.25, 0.3) is 5.69 Å². The summed E-state index contributed by atoms with van der Waals surface area (Å²) in [4.78, 5) is 2.34. The molecule has 0 spiro atoms. The summed E-state index contributed by atoms with van der Waals surface area (Å²) in [5, 5.41) is 19.0. The lowest BCUT2D eigenvalue weighted by Gasteiger charge is -2.26. The molecule has 0 unspecified atom stereocenters. The normalized spacial score (nSPS) is 15.9. The van der Waals surface area contributed by atoms with E-state index in [1.165, 1.54) is 0 Å². The van der Waals surface area contributed by atoms with Gasteiger partial charge in [0.05, 0.1) is 25.0 Å². The zero-order valence-electron chi connectivity index (χ0n) is 13.3. The topological polar surface area (TPSA) is 77.5 Å². The molecule has 0 radical (unpaired) electrons. The standard InChI is InChI=1S/C16H22N4O3/c1-13-2-4-14(5-3-13)20-15(16(21)23-18-20)12-17-6-7-19-8-10-22-11-9-19/h2-5,17H,6-12H2,1H3. The predicted octanol–water partition coefficient (Wildman–Crippen LogP) is -0.245. The van der Waals surface area contributed by atoms with E-state index in [2.05, 4.69) is 15.5 Å². The first-order chi connectivity index (χ1) is 11.2. The summed E-state index contributed by atoms with van der Waals surface area (Å²) in [6, 6.07) is 7.82. The average Bonchev–Trinajstić information content (AvgIpc) is 2.94. The van der Waals surface area contributed by atoms with Crippen LogP contribution in [-0.2, 0) is 11.3 Å². The molecule has 1 N–H and O–H groups in total. The minimum atomic E-state index is -0.399. The third kappa shape index (κ3) is 4.07. The molecule has 0 amide bonds. The molecule has 7 heteroatoms. The van der Waals surface area contributed by atoms with E-state index >= 15 is 0 Å². The van der Waals surface area contributed by atoms with Gasteiger partial charge in [0, 0.05) is 38.3 Å². The quantitative estimate of drug-likeness (QED) is 0.585. The monoisotopic (exact) mass is 318 g/mol. The highest BCUT2D eigenvalue weighted by molar-refractivity contribution is 5.27. The van der Waals surface area contributed by atoms with E-state index in [0.717, 1.165) is 50.6 Å². The highest BCUT2D eigenvalue weighted by Crippen LogP contribution is 2.10. The zero-order chi connectivity index (χ0) is 16.1. The van der Waals surface area contributed by atoms with Crippen LogP contribution < -0.4 is 15.1 Å². The maximum Gasteiger partial charge on any atom is 0.253 e. The second-order valence-electron chi connectivity index (χ2n) is 5.69.